The Morgan fingerprint density at radius 1 is 1.31 bits per heavy atom. The molecule has 84 valence electrons. The van der Waals surface area contributed by atoms with Crippen molar-refractivity contribution in [2.24, 2.45) is 0 Å². The third kappa shape index (κ3) is 1.79. The van der Waals surface area contributed by atoms with Crippen molar-refractivity contribution in [1.82, 2.24) is 0 Å². The van der Waals surface area contributed by atoms with E-state index in [0.717, 1.165) is 11.1 Å². The number of hydrogen-bond acceptors (Lipinski definition) is 4. The molecule has 1 N–H and O–H groups in total. The number of hydrogen-bond donors (Lipinski definition) is 1. The molecule has 0 spiro atoms. The SMILES string of the molecule is CN(C)c1ccc2c(CO)cc(=O)oc2c1. The highest BCUT2D eigenvalue weighted by Crippen LogP contribution is 2.22. The quantitative estimate of drug-likeness (QED) is 0.775. The van der Waals surface area contributed by atoms with E-state index in [1.807, 2.05) is 31.1 Å². The Balaban J connectivity index is 2.74. The molecule has 0 aliphatic rings. The van der Waals surface area contributed by atoms with Gasteiger partial charge in [-0.1, -0.05) is 0 Å². The molecule has 0 unspecified atom stereocenters. The van der Waals surface area contributed by atoms with Gasteiger partial charge in [0.15, 0.2) is 0 Å². The Hall–Kier alpha value is -1.81. The molecule has 16 heavy (non-hydrogen) atoms. The number of aliphatic hydroxyl groups is 1. The summed E-state index contributed by atoms with van der Waals surface area (Å²) in [6.45, 7) is -0.163. The average molecular weight is 219 g/mol. The fraction of sp³-hybridized carbons (Fsp3) is 0.250. The molecule has 0 radical (unpaired) electrons. The molecular weight excluding hydrogens is 206 g/mol. The van der Waals surface area contributed by atoms with Gasteiger partial charge in [0.2, 0.25) is 0 Å². The number of anilines is 1. The molecule has 0 saturated carbocycles. The number of benzene rings is 1. The van der Waals surface area contributed by atoms with Crippen LogP contribution in [0.2, 0.25) is 0 Å². The molecule has 1 aromatic heterocycles. The van der Waals surface area contributed by atoms with Gasteiger partial charge in [-0.05, 0) is 17.7 Å². The summed E-state index contributed by atoms with van der Waals surface area (Å²) in [6.07, 6.45) is 0. The van der Waals surface area contributed by atoms with Crippen molar-refractivity contribution >= 4 is 16.7 Å². The number of fused-ring (bicyclic) bond motifs is 1. The maximum atomic E-state index is 11.3. The van der Waals surface area contributed by atoms with Crippen LogP contribution in [0.15, 0.2) is 33.5 Å². The van der Waals surface area contributed by atoms with Crippen LogP contribution in [0.5, 0.6) is 0 Å². The zero-order chi connectivity index (χ0) is 11.7. The topological polar surface area (TPSA) is 53.7 Å². The average Bonchev–Trinajstić information content (AvgIpc) is 2.26. The van der Waals surface area contributed by atoms with Crippen molar-refractivity contribution in [3.63, 3.8) is 0 Å². The molecule has 4 heteroatoms. The monoisotopic (exact) mass is 219 g/mol. The van der Waals surface area contributed by atoms with Gasteiger partial charge in [0.1, 0.15) is 5.58 Å². The molecule has 0 aliphatic carbocycles. The highest BCUT2D eigenvalue weighted by molar-refractivity contribution is 5.83. The van der Waals surface area contributed by atoms with Crippen molar-refractivity contribution in [1.29, 1.82) is 0 Å². The maximum Gasteiger partial charge on any atom is 0.336 e. The maximum absolute atomic E-state index is 11.3. The van der Waals surface area contributed by atoms with Gasteiger partial charge in [0.25, 0.3) is 0 Å². The second-order valence-electron chi connectivity index (χ2n) is 3.82. The lowest BCUT2D eigenvalue weighted by Crippen LogP contribution is -2.08. The van der Waals surface area contributed by atoms with Gasteiger partial charge in [0.05, 0.1) is 6.61 Å². The van der Waals surface area contributed by atoms with E-state index in [4.69, 9.17) is 9.52 Å². The number of nitrogens with zero attached hydrogens (tertiary/aromatic N) is 1. The zero-order valence-electron chi connectivity index (χ0n) is 9.23. The van der Waals surface area contributed by atoms with Gasteiger partial charge >= 0.3 is 5.63 Å². The van der Waals surface area contributed by atoms with Crippen molar-refractivity contribution in [2.45, 2.75) is 6.61 Å². The molecule has 0 amide bonds. The fourth-order valence-electron chi connectivity index (χ4n) is 1.63. The first-order valence-electron chi connectivity index (χ1n) is 4.97. The van der Waals surface area contributed by atoms with Gasteiger partial charge in [0, 0.05) is 37.3 Å². The van der Waals surface area contributed by atoms with Crippen LogP contribution in [0.4, 0.5) is 5.69 Å². The van der Waals surface area contributed by atoms with E-state index in [0.29, 0.717) is 11.1 Å². The Labute approximate surface area is 92.7 Å². The summed E-state index contributed by atoms with van der Waals surface area (Å²) in [5.41, 5.74) is 1.61. The fourth-order valence-corrected chi connectivity index (χ4v) is 1.63. The van der Waals surface area contributed by atoms with Crippen LogP contribution in [0.25, 0.3) is 11.0 Å². The third-order valence-corrected chi connectivity index (χ3v) is 2.50. The lowest BCUT2D eigenvalue weighted by atomic mass is 10.1. The normalized spacial score (nSPS) is 10.7. The Kier molecular flexibility index (Phi) is 2.66. The van der Waals surface area contributed by atoms with E-state index in [1.165, 1.54) is 6.07 Å². The van der Waals surface area contributed by atoms with E-state index in [2.05, 4.69) is 0 Å². The van der Waals surface area contributed by atoms with Gasteiger partial charge in [-0.2, -0.15) is 0 Å². The van der Waals surface area contributed by atoms with Gasteiger partial charge in [-0.25, -0.2) is 4.79 Å². The van der Waals surface area contributed by atoms with Gasteiger partial charge in [-0.15, -0.1) is 0 Å². The van der Waals surface area contributed by atoms with Crippen LogP contribution in [0.1, 0.15) is 5.56 Å². The summed E-state index contributed by atoms with van der Waals surface area (Å²) in [5, 5.41) is 9.92. The Morgan fingerprint density at radius 2 is 2.06 bits per heavy atom. The molecule has 0 saturated heterocycles. The van der Waals surface area contributed by atoms with Crippen molar-refractivity contribution < 1.29 is 9.52 Å². The van der Waals surface area contributed by atoms with Crippen molar-refractivity contribution in [2.75, 3.05) is 19.0 Å². The zero-order valence-corrected chi connectivity index (χ0v) is 9.23. The van der Waals surface area contributed by atoms with E-state index >= 15 is 0 Å². The van der Waals surface area contributed by atoms with Crippen LogP contribution in [0.3, 0.4) is 0 Å². The summed E-state index contributed by atoms with van der Waals surface area (Å²) in [5.74, 6) is 0. The largest absolute Gasteiger partial charge is 0.423 e. The number of rotatable bonds is 2. The molecule has 4 nitrogen and oxygen atoms in total. The smallest absolute Gasteiger partial charge is 0.336 e. The summed E-state index contributed by atoms with van der Waals surface area (Å²) in [4.78, 5) is 13.2. The first-order chi connectivity index (χ1) is 7.61. The van der Waals surface area contributed by atoms with Crippen molar-refractivity contribution in [3.05, 3.63) is 40.2 Å². The minimum atomic E-state index is -0.438. The van der Waals surface area contributed by atoms with Crippen LogP contribution < -0.4 is 10.5 Å². The highest BCUT2D eigenvalue weighted by Gasteiger charge is 2.06. The van der Waals surface area contributed by atoms with E-state index < -0.39 is 5.63 Å². The molecule has 0 bridgehead atoms. The molecule has 1 aromatic carbocycles. The van der Waals surface area contributed by atoms with Gasteiger partial charge in [-0.3, -0.25) is 0 Å². The molecule has 0 fully saturated rings. The summed E-state index contributed by atoms with van der Waals surface area (Å²) in [7, 11) is 3.82. The standard InChI is InChI=1S/C12H13NO3/c1-13(2)9-3-4-10-8(7-14)5-12(15)16-11(10)6-9/h3-6,14H,7H2,1-2H3. The highest BCUT2D eigenvalue weighted by atomic mass is 16.4. The molecule has 1 heterocycles. The predicted molar refractivity (Wildman–Crippen MR) is 62.7 cm³/mol. The van der Waals surface area contributed by atoms with E-state index in [1.54, 1.807) is 6.07 Å². The lowest BCUT2D eigenvalue weighted by molar-refractivity contribution is 0.282. The van der Waals surface area contributed by atoms with Crippen LogP contribution in [0, 0.1) is 0 Å². The molecular formula is C12H13NO3. The lowest BCUT2D eigenvalue weighted by Gasteiger charge is -2.12. The molecule has 0 aliphatic heterocycles. The Bertz CT molecular complexity index is 572. The Morgan fingerprint density at radius 3 is 2.69 bits per heavy atom. The molecule has 0 atom stereocenters. The van der Waals surface area contributed by atoms with E-state index in [-0.39, 0.29) is 6.61 Å². The van der Waals surface area contributed by atoms with Crippen LogP contribution >= 0.6 is 0 Å². The summed E-state index contributed by atoms with van der Waals surface area (Å²) in [6, 6.07) is 6.87. The minimum absolute atomic E-state index is 0.163. The first kappa shape index (κ1) is 10.7. The summed E-state index contributed by atoms with van der Waals surface area (Å²) < 4.78 is 5.10. The minimum Gasteiger partial charge on any atom is -0.423 e. The number of aliphatic hydroxyl groups excluding tert-OH is 1. The van der Waals surface area contributed by atoms with Crippen LogP contribution in [-0.4, -0.2) is 19.2 Å². The second-order valence-corrected chi connectivity index (χ2v) is 3.82. The second kappa shape index (κ2) is 3.98. The van der Waals surface area contributed by atoms with Crippen LogP contribution in [-0.2, 0) is 6.61 Å². The third-order valence-electron chi connectivity index (χ3n) is 2.50. The summed E-state index contributed by atoms with van der Waals surface area (Å²) >= 11 is 0. The van der Waals surface area contributed by atoms with E-state index in [9.17, 15) is 4.79 Å². The molecule has 2 aromatic rings. The molecule has 2 rings (SSSR count). The van der Waals surface area contributed by atoms with Crippen molar-refractivity contribution in [3.8, 4) is 0 Å². The van der Waals surface area contributed by atoms with Gasteiger partial charge < -0.3 is 14.4 Å². The predicted octanol–water partition coefficient (Wildman–Crippen LogP) is 1.35. The first-order valence-corrected chi connectivity index (χ1v) is 4.97.